The third-order valence-electron chi connectivity index (χ3n) is 4.78. The minimum Gasteiger partial charge on any atom is -0.390 e. The van der Waals surface area contributed by atoms with Crippen molar-refractivity contribution in [3.05, 3.63) is 0 Å². The van der Waals surface area contributed by atoms with Crippen LogP contribution in [0, 0.1) is 0 Å². The van der Waals surface area contributed by atoms with Crippen LogP contribution in [-0.2, 0) is 4.74 Å². The molecule has 3 nitrogen and oxygen atoms in total. The van der Waals surface area contributed by atoms with Gasteiger partial charge < -0.3 is 15.2 Å². The first-order chi connectivity index (χ1) is 8.23. The van der Waals surface area contributed by atoms with Crippen molar-refractivity contribution in [2.24, 2.45) is 0 Å². The molecule has 3 rings (SSSR count). The van der Waals surface area contributed by atoms with Crippen molar-refractivity contribution < 1.29 is 9.84 Å². The van der Waals surface area contributed by atoms with Gasteiger partial charge in [0.2, 0.25) is 0 Å². The molecule has 3 heterocycles. The van der Waals surface area contributed by atoms with Crippen LogP contribution in [-0.4, -0.2) is 35.5 Å². The zero-order valence-electron chi connectivity index (χ0n) is 10.7. The van der Waals surface area contributed by atoms with E-state index in [-0.39, 0.29) is 5.60 Å². The zero-order chi connectivity index (χ0) is 11.7. The lowest BCUT2D eigenvalue weighted by Crippen LogP contribution is -2.48. The van der Waals surface area contributed by atoms with Gasteiger partial charge in [-0.15, -0.1) is 0 Å². The highest BCUT2D eigenvalue weighted by atomic mass is 16.5. The summed E-state index contributed by atoms with van der Waals surface area (Å²) in [5.74, 6) is 0. The average Bonchev–Trinajstić information content (AvgIpc) is 2.89. The second-order valence-corrected chi connectivity index (χ2v) is 6.30. The van der Waals surface area contributed by atoms with E-state index in [0.717, 1.165) is 38.7 Å². The van der Waals surface area contributed by atoms with Gasteiger partial charge in [-0.3, -0.25) is 0 Å². The van der Waals surface area contributed by atoms with Gasteiger partial charge in [-0.05, 0) is 57.8 Å². The van der Waals surface area contributed by atoms with E-state index in [9.17, 15) is 5.11 Å². The van der Waals surface area contributed by atoms with Gasteiger partial charge in [0.25, 0.3) is 0 Å². The van der Waals surface area contributed by atoms with Gasteiger partial charge >= 0.3 is 0 Å². The number of hydrogen-bond donors (Lipinski definition) is 2. The second kappa shape index (κ2) is 4.87. The molecular formula is C14H25NO2. The Morgan fingerprint density at radius 1 is 1.18 bits per heavy atom. The molecule has 17 heavy (non-hydrogen) atoms. The number of fused-ring (bicyclic) bond motifs is 2. The van der Waals surface area contributed by atoms with Crippen LogP contribution in [0.2, 0.25) is 0 Å². The molecule has 0 amide bonds. The van der Waals surface area contributed by atoms with Gasteiger partial charge in [0.1, 0.15) is 0 Å². The standard InChI is InChI=1S/C14H25NO2/c16-14(7-1-3-13-4-2-8-17-13)9-11-5-6-12(10-14)15-11/h11-13,15-16H,1-10H2. The van der Waals surface area contributed by atoms with Crippen molar-refractivity contribution in [3.63, 3.8) is 0 Å². The first-order valence-electron chi connectivity index (χ1n) is 7.34. The van der Waals surface area contributed by atoms with Gasteiger partial charge in [-0.2, -0.15) is 0 Å². The van der Waals surface area contributed by atoms with E-state index in [1.807, 2.05) is 0 Å². The molecule has 0 saturated carbocycles. The summed E-state index contributed by atoms with van der Waals surface area (Å²) in [6, 6.07) is 1.17. The maximum absolute atomic E-state index is 10.6. The Morgan fingerprint density at radius 3 is 2.59 bits per heavy atom. The Morgan fingerprint density at radius 2 is 1.94 bits per heavy atom. The third-order valence-corrected chi connectivity index (χ3v) is 4.78. The van der Waals surface area contributed by atoms with Crippen LogP contribution in [0.1, 0.15) is 57.8 Å². The normalized spacial score (nSPS) is 45.4. The zero-order valence-corrected chi connectivity index (χ0v) is 10.7. The highest BCUT2D eigenvalue weighted by Crippen LogP contribution is 2.37. The summed E-state index contributed by atoms with van der Waals surface area (Å²) >= 11 is 0. The molecule has 98 valence electrons. The summed E-state index contributed by atoms with van der Waals surface area (Å²) in [6.07, 6.45) is 10.6. The Balaban J connectivity index is 1.44. The van der Waals surface area contributed by atoms with E-state index in [1.165, 1.54) is 25.7 Å². The predicted octanol–water partition coefficient (Wildman–Crippen LogP) is 1.98. The van der Waals surface area contributed by atoms with Gasteiger partial charge in [0.05, 0.1) is 11.7 Å². The topological polar surface area (TPSA) is 41.5 Å². The molecule has 2 N–H and O–H groups in total. The molecule has 3 atom stereocenters. The fraction of sp³-hybridized carbons (Fsp3) is 1.00. The Hall–Kier alpha value is -0.120. The number of piperidine rings is 1. The lowest BCUT2D eigenvalue weighted by molar-refractivity contribution is -0.0187. The van der Waals surface area contributed by atoms with E-state index < -0.39 is 0 Å². The molecular weight excluding hydrogens is 214 g/mol. The van der Waals surface area contributed by atoms with Crippen LogP contribution >= 0.6 is 0 Å². The fourth-order valence-electron chi connectivity index (χ4n) is 3.96. The molecule has 0 spiro atoms. The molecule has 0 aromatic carbocycles. The van der Waals surface area contributed by atoms with Crippen molar-refractivity contribution in [2.45, 2.75) is 81.6 Å². The van der Waals surface area contributed by atoms with Crippen molar-refractivity contribution in [3.8, 4) is 0 Å². The van der Waals surface area contributed by atoms with Gasteiger partial charge in [0.15, 0.2) is 0 Å². The highest BCUT2D eigenvalue weighted by molar-refractivity contribution is 4.99. The minimum atomic E-state index is -0.379. The lowest BCUT2D eigenvalue weighted by Gasteiger charge is -2.37. The molecule has 3 aliphatic heterocycles. The van der Waals surface area contributed by atoms with Crippen LogP contribution in [0.5, 0.6) is 0 Å². The van der Waals surface area contributed by atoms with Crippen LogP contribution in [0.3, 0.4) is 0 Å². The molecule has 0 radical (unpaired) electrons. The first-order valence-corrected chi connectivity index (χ1v) is 7.34. The molecule has 3 unspecified atom stereocenters. The quantitative estimate of drug-likeness (QED) is 0.788. The predicted molar refractivity (Wildman–Crippen MR) is 67.0 cm³/mol. The van der Waals surface area contributed by atoms with Crippen molar-refractivity contribution >= 4 is 0 Å². The van der Waals surface area contributed by atoms with Crippen LogP contribution < -0.4 is 5.32 Å². The highest BCUT2D eigenvalue weighted by Gasteiger charge is 2.41. The van der Waals surface area contributed by atoms with Crippen molar-refractivity contribution in [1.82, 2.24) is 5.32 Å². The first kappa shape index (κ1) is 11.9. The molecule has 3 saturated heterocycles. The summed E-state index contributed by atoms with van der Waals surface area (Å²) in [4.78, 5) is 0. The molecule has 3 aliphatic rings. The van der Waals surface area contributed by atoms with E-state index in [1.54, 1.807) is 0 Å². The Kier molecular flexibility index (Phi) is 3.42. The van der Waals surface area contributed by atoms with E-state index in [0.29, 0.717) is 18.2 Å². The summed E-state index contributed by atoms with van der Waals surface area (Å²) in [5, 5.41) is 14.2. The van der Waals surface area contributed by atoms with Crippen molar-refractivity contribution in [1.29, 1.82) is 0 Å². The maximum Gasteiger partial charge on any atom is 0.0677 e. The monoisotopic (exact) mass is 239 g/mol. The molecule has 0 aromatic heterocycles. The van der Waals surface area contributed by atoms with E-state index in [4.69, 9.17) is 4.74 Å². The fourth-order valence-corrected chi connectivity index (χ4v) is 3.96. The van der Waals surface area contributed by atoms with Crippen LogP contribution in [0.15, 0.2) is 0 Å². The second-order valence-electron chi connectivity index (χ2n) is 6.30. The number of hydrogen-bond acceptors (Lipinski definition) is 3. The minimum absolute atomic E-state index is 0.379. The maximum atomic E-state index is 10.6. The molecule has 2 bridgehead atoms. The molecule has 0 aliphatic carbocycles. The number of aliphatic hydroxyl groups is 1. The molecule has 3 fully saturated rings. The summed E-state index contributed by atoms with van der Waals surface area (Å²) < 4.78 is 5.64. The summed E-state index contributed by atoms with van der Waals surface area (Å²) in [5.41, 5.74) is -0.379. The van der Waals surface area contributed by atoms with E-state index >= 15 is 0 Å². The Labute approximate surface area is 104 Å². The number of ether oxygens (including phenoxy) is 1. The van der Waals surface area contributed by atoms with E-state index in [2.05, 4.69) is 5.32 Å². The number of rotatable bonds is 4. The summed E-state index contributed by atoms with van der Waals surface area (Å²) in [7, 11) is 0. The smallest absolute Gasteiger partial charge is 0.0677 e. The SMILES string of the molecule is OC1(CCCC2CCCO2)CC2CCC(C1)N2. The third kappa shape index (κ3) is 2.83. The Bertz CT molecular complexity index is 251. The van der Waals surface area contributed by atoms with Crippen LogP contribution in [0.25, 0.3) is 0 Å². The van der Waals surface area contributed by atoms with Gasteiger partial charge in [-0.25, -0.2) is 0 Å². The average molecular weight is 239 g/mol. The van der Waals surface area contributed by atoms with Gasteiger partial charge in [0, 0.05) is 18.7 Å². The molecule has 0 aromatic rings. The summed E-state index contributed by atoms with van der Waals surface area (Å²) in [6.45, 7) is 0.947. The van der Waals surface area contributed by atoms with Crippen molar-refractivity contribution in [2.75, 3.05) is 6.61 Å². The molecule has 3 heteroatoms. The van der Waals surface area contributed by atoms with Crippen LogP contribution in [0.4, 0.5) is 0 Å². The van der Waals surface area contributed by atoms with Gasteiger partial charge in [-0.1, -0.05) is 0 Å². The lowest BCUT2D eigenvalue weighted by atomic mass is 9.83. The largest absolute Gasteiger partial charge is 0.390 e. The number of nitrogens with one attached hydrogen (secondary N) is 1.